The zero-order valence-corrected chi connectivity index (χ0v) is 20.5. The fourth-order valence-corrected chi connectivity index (χ4v) is 7.52. The summed E-state index contributed by atoms with van der Waals surface area (Å²) in [4.78, 5) is 26.5. The fourth-order valence-electron chi connectivity index (χ4n) is 4.79. The number of hydrogen-bond donors (Lipinski definition) is 4. The van der Waals surface area contributed by atoms with E-state index in [0.717, 1.165) is 0 Å². The van der Waals surface area contributed by atoms with Crippen LogP contribution in [0.15, 0.2) is 39.8 Å². The Morgan fingerprint density at radius 1 is 1.36 bits per heavy atom. The van der Waals surface area contributed by atoms with Gasteiger partial charge in [0.1, 0.15) is 5.70 Å². The number of aliphatic carboxylic acids is 1. The van der Waals surface area contributed by atoms with Gasteiger partial charge >= 0.3 is 5.97 Å². The average Bonchev–Trinajstić information content (AvgIpc) is 3.28. The van der Waals surface area contributed by atoms with Crippen LogP contribution in [-0.4, -0.2) is 71.9 Å². The molecule has 0 spiro atoms. The predicted octanol–water partition coefficient (Wildman–Crippen LogP) is 1.24. The lowest BCUT2D eigenvalue weighted by atomic mass is 9.79. The van der Waals surface area contributed by atoms with Crippen LogP contribution in [-0.2, 0) is 19.6 Å². The van der Waals surface area contributed by atoms with Crippen LogP contribution in [0.2, 0.25) is 5.02 Å². The number of thioether (sulfide) groups is 1. The van der Waals surface area contributed by atoms with Gasteiger partial charge in [-0.05, 0) is 37.6 Å². The van der Waals surface area contributed by atoms with Gasteiger partial charge in [0.05, 0.1) is 23.0 Å². The quantitative estimate of drug-likeness (QED) is 0.380. The Morgan fingerprint density at radius 2 is 2.03 bits per heavy atom. The molecular formula is C21H26ClN3O6S2. The summed E-state index contributed by atoms with van der Waals surface area (Å²) in [6, 6.07) is 5.46. The summed E-state index contributed by atoms with van der Waals surface area (Å²) in [6.45, 7) is 4.21. The number of carbonyl (C=O) groups is 2. The Kier molecular flexibility index (Phi) is 6.83. The van der Waals surface area contributed by atoms with Crippen molar-refractivity contribution in [2.75, 3.05) is 13.1 Å². The van der Waals surface area contributed by atoms with E-state index in [-0.39, 0.29) is 46.3 Å². The van der Waals surface area contributed by atoms with Crippen molar-refractivity contribution in [3.05, 3.63) is 39.9 Å². The molecule has 4 N–H and O–H groups in total. The molecule has 1 aromatic rings. The molecule has 9 nitrogen and oxygen atoms in total. The van der Waals surface area contributed by atoms with E-state index in [1.54, 1.807) is 6.92 Å². The third-order valence-electron chi connectivity index (χ3n) is 6.43. The Balaban J connectivity index is 1.39. The van der Waals surface area contributed by atoms with Gasteiger partial charge in [0.2, 0.25) is 15.9 Å². The number of halogens is 1. The molecule has 0 radical (unpaired) electrons. The van der Waals surface area contributed by atoms with Crippen LogP contribution in [0.3, 0.4) is 0 Å². The second kappa shape index (κ2) is 9.20. The summed E-state index contributed by atoms with van der Waals surface area (Å²) in [5.74, 6) is -2.29. The Bertz CT molecular complexity index is 1090. The summed E-state index contributed by atoms with van der Waals surface area (Å²) in [7, 11) is -3.67. The molecule has 0 aliphatic carbocycles. The van der Waals surface area contributed by atoms with Crippen molar-refractivity contribution in [2.24, 2.45) is 11.8 Å². The number of carboxylic acid groups (broad SMARTS) is 1. The zero-order chi connectivity index (χ0) is 24.1. The van der Waals surface area contributed by atoms with Gasteiger partial charge in [0, 0.05) is 40.2 Å². The first kappa shape index (κ1) is 24.5. The molecule has 2 fully saturated rings. The maximum atomic E-state index is 12.5. The van der Waals surface area contributed by atoms with Gasteiger partial charge in [-0.15, -0.1) is 11.8 Å². The number of hydrogen-bond acceptors (Lipinski definition) is 7. The van der Waals surface area contributed by atoms with Crippen molar-refractivity contribution in [3.8, 4) is 0 Å². The first-order chi connectivity index (χ1) is 15.5. The number of aliphatic hydroxyl groups excluding tert-OH is 1. The number of nitrogens with one attached hydrogen (secondary N) is 2. The number of benzene rings is 1. The molecule has 3 heterocycles. The molecule has 1 amide bonds. The van der Waals surface area contributed by atoms with Crippen molar-refractivity contribution in [3.63, 3.8) is 0 Å². The molecule has 180 valence electrons. The highest BCUT2D eigenvalue weighted by molar-refractivity contribution is 8.03. The van der Waals surface area contributed by atoms with E-state index < -0.39 is 28.0 Å². The summed E-state index contributed by atoms with van der Waals surface area (Å²) in [6.07, 6.45) is -0.207. The number of aliphatic hydroxyl groups is 1. The Morgan fingerprint density at radius 3 is 2.64 bits per heavy atom. The number of β-lactam (4-membered cyclic amide) rings is 1. The number of carboxylic acids is 1. The normalized spacial score (nSPS) is 30.4. The van der Waals surface area contributed by atoms with Crippen LogP contribution in [0.5, 0.6) is 0 Å². The highest BCUT2D eigenvalue weighted by Gasteiger charge is 2.60. The summed E-state index contributed by atoms with van der Waals surface area (Å²) >= 11 is 7.25. The van der Waals surface area contributed by atoms with Crippen molar-refractivity contribution in [1.29, 1.82) is 0 Å². The summed E-state index contributed by atoms with van der Waals surface area (Å²) in [5, 5.41) is 23.5. The van der Waals surface area contributed by atoms with Crippen LogP contribution >= 0.6 is 23.4 Å². The van der Waals surface area contributed by atoms with E-state index in [0.29, 0.717) is 22.9 Å². The van der Waals surface area contributed by atoms with Crippen molar-refractivity contribution >= 4 is 45.3 Å². The SMILES string of the molecule is C[C@@H](O)[C@H]1C(=O)N2C(C(=O)O)=C(S[C@@H]3CN[C@H](CNS(=O)(=O)c4ccc(Cl)cc4)C3)[C@H](C)[C@H]12. The minimum absolute atomic E-state index is 0.00583. The van der Waals surface area contributed by atoms with E-state index in [1.165, 1.54) is 40.9 Å². The monoisotopic (exact) mass is 515 g/mol. The maximum Gasteiger partial charge on any atom is 0.353 e. The van der Waals surface area contributed by atoms with E-state index in [4.69, 9.17) is 11.6 Å². The number of rotatable bonds is 8. The van der Waals surface area contributed by atoms with Crippen LogP contribution in [0.25, 0.3) is 0 Å². The molecule has 33 heavy (non-hydrogen) atoms. The molecule has 3 aliphatic rings. The van der Waals surface area contributed by atoms with Gasteiger partial charge in [0.15, 0.2) is 0 Å². The largest absolute Gasteiger partial charge is 0.477 e. The average molecular weight is 516 g/mol. The third kappa shape index (κ3) is 4.54. The molecule has 4 rings (SSSR count). The van der Waals surface area contributed by atoms with Crippen LogP contribution in [0.4, 0.5) is 0 Å². The van der Waals surface area contributed by atoms with Gasteiger partial charge in [-0.3, -0.25) is 4.79 Å². The van der Waals surface area contributed by atoms with E-state index in [2.05, 4.69) is 10.0 Å². The van der Waals surface area contributed by atoms with Crippen LogP contribution in [0.1, 0.15) is 20.3 Å². The summed E-state index contributed by atoms with van der Waals surface area (Å²) < 4.78 is 27.6. The molecule has 6 atom stereocenters. The second-order valence-corrected chi connectivity index (χ2v) is 12.2. The van der Waals surface area contributed by atoms with Crippen molar-refractivity contribution in [1.82, 2.24) is 14.9 Å². The first-order valence-electron chi connectivity index (χ1n) is 10.6. The van der Waals surface area contributed by atoms with Gasteiger partial charge in [0.25, 0.3) is 0 Å². The lowest BCUT2D eigenvalue weighted by Gasteiger charge is -2.46. The van der Waals surface area contributed by atoms with Gasteiger partial charge in [-0.2, -0.15) is 0 Å². The highest BCUT2D eigenvalue weighted by atomic mass is 35.5. The lowest BCUT2D eigenvalue weighted by molar-refractivity contribution is -0.163. The minimum atomic E-state index is -3.67. The zero-order valence-electron chi connectivity index (χ0n) is 18.1. The van der Waals surface area contributed by atoms with Crippen molar-refractivity contribution < 1.29 is 28.2 Å². The molecule has 0 aromatic heterocycles. The summed E-state index contributed by atoms with van der Waals surface area (Å²) in [5.41, 5.74) is 0.00583. The topological polar surface area (TPSA) is 136 Å². The van der Waals surface area contributed by atoms with E-state index in [9.17, 15) is 28.2 Å². The minimum Gasteiger partial charge on any atom is -0.477 e. The molecule has 1 aromatic carbocycles. The second-order valence-electron chi connectivity index (χ2n) is 8.66. The Labute approximate surface area is 201 Å². The molecule has 0 bridgehead atoms. The number of fused-ring (bicyclic) bond motifs is 1. The smallest absolute Gasteiger partial charge is 0.353 e. The predicted molar refractivity (Wildman–Crippen MR) is 124 cm³/mol. The Hall–Kier alpha value is -1.63. The molecule has 0 unspecified atom stereocenters. The van der Waals surface area contributed by atoms with Crippen molar-refractivity contribution in [2.45, 2.75) is 48.6 Å². The van der Waals surface area contributed by atoms with E-state index in [1.807, 2.05) is 6.92 Å². The number of sulfonamides is 1. The highest BCUT2D eigenvalue weighted by Crippen LogP contribution is 2.51. The van der Waals surface area contributed by atoms with Crippen LogP contribution in [0, 0.1) is 11.8 Å². The number of carbonyl (C=O) groups excluding carboxylic acids is 1. The van der Waals surface area contributed by atoms with Gasteiger partial charge < -0.3 is 20.4 Å². The maximum absolute atomic E-state index is 12.5. The molecule has 2 saturated heterocycles. The third-order valence-corrected chi connectivity index (χ3v) is 9.63. The fraction of sp³-hybridized carbons (Fsp3) is 0.524. The number of amides is 1. The molecule has 12 heteroatoms. The standard InChI is InChI=1S/C21H26ClN3O6S2/c1-10-17-16(11(2)26)20(27)25(17)18(21(28)29)19(10)32-14-7-13(23-9-14)8-24-33(30,31)15-5-3-12(22)4-6-15/h3-6,10-11,13-14,16-17,23-24,26H,7-9H2,1-2H3,(H,28,29)/t10-,11-,13+,14+,16-,17-/m1/s1. The van der Waals surface area contributed by atoms with E-state index >= 15 is 0 Å². The lowest BCUT2D eigenvalue weighted by Crippen LogP contribution is -2.63. The van der Waals surface area contributed by atoms with Gasteiger partial charge in [-0.25, -0.2) is 17.9 Å². The first-order valence-corrected chi connectivity index (χ1v) is 13.4. The number of nitrogens with zero attached hydrogens (tertiary/aromatic N) is 1. The van der Waals surface area contributed by atoms with Crippen LogP contribution < -0.4 is 10.0 Å². The molecule has 0 saturated carbocycles. The molecule has 3 aliphatic heterocycles. The van der Waals surface area contributed by atoms with Gasteiger partial charge in [-0.1, -0.05) is 18.5 Å². The molecular weight excluding hydrogens is 490 g/mol.